The summed E-state index contributed by atoms with van der Waals surface area (Å²) < 4.78 is 7.41. The molecule has 1 aliphatic carbocycles. The van der Waals surface area contributed by atoms with Crippen LogP contribution in [-0.4, -0.2) is 27.8 Å². The van der Waals surface area contributed by atoms with Crippen LogP contribution in [0.5, 0.6) is 0 Å². The molecular weight excluding hydrogens is 280 g/mol. The summed E-state index contributed by atoms with van der Waals surface area (Å²) in [5, 5.41) is 2.78. The molecule has 1 fully saturated rings. The zero-order valence-corrected chi connectivity index (χ0v) is 12.8. The third-order valence-electron chi connectivity index (χ3n) is 4.26. The largest absolute Gasteiger partial charge is 0.446 e. The molecule has 6 nitrogen and oxygen atoms in total. The predicted molar refractivity (Wildman–Crippen MR) is 84.3 cm³/mol. The summed E-state index contributed by atoms with van der Waals surface area (Å²) in [5.74, 6) is 0.809. The Morgan fingerprint density at radius 2 is 2.09 bits per heavy atom. The van der Waals surface area contributed by atoms with Gasteiger partial charge in [0.05, 0.1) is 17.6 Å². The molecule has 3 rings (SSSR count). The number of aryl methyl sites for hydroxylation is 1. The second-order valence-corrected chi connectivity index (χ2v) is 5.87. The summed E-state index contributed by atoms with van der Waals surface area (Å²) in [6.45, 7) is 0.357. The Morgan fingerprint density at radius 3 is 2.82 bits per heavy atom. The second-order valence-electron chi connectivity index (χ2n) is 5.87. The number of alkyl carbamates (subject to hydrolysis) is 1. The van der Waals surface area contributed by atoms with E-state index in [1.165, 1.54) is 0 Å². The third kappa shape index (κ3) is 3.22. The lowest BCUT2D eigenvalue weighted by atomic mass is 9.94. The van der Waals surface area contributed by atoms with Gasteiger partial charge < -0.3 is 20.4 Å². The summed E-state index contributed by atoms with van der Waals surface area (Å²) in [4.78, 5) is 16.4. The lowest BCUT2D eigenvalue weighted by molar-refractivity contribution is 0.0713. The van der Waals surface area contributed by atoms with Gasteiger partial charge in [-0.25, -0.2) is 9.78 Å². The van der Waals surface area contributed by atoms with Crippen LogP contribution in [0.25, 0.3) is 11.0 Å². The number of hydrogen-bond acceptors (Lipinski definition) is 4. The molecule has 0 bridgehead atoms. The zero-order valence-electron chi connectivity index (χ0n) is 12.8. The number of rotatable bonds is 3. The number of hydrogen-bond donors (Lipinski definition) is 2. The summed E-state index contributed by atoms with van der Waals surface area (Å²) in [6.07, 6.45) is 3.14. The third-order valence-corrected chi connectivity index (χ3v) is 4.26. The second kappa shape index (κ2) is 6.36. The van der Waals surface area contributed by atoms with E-state index < -0.39 is 0 Å². The van der Waals surface area contributed by atoms with Crippen molar-refractivity contribution in [3.63, 3.8) is 0 Å². The maximum Gasteiger partial charge on any atom is 0.407 e. The van der Waals surface area contributed by atoms with Crippen LogP contribution in [0.3, 0.4) is 0 Å². The first-order valence-electron chi connectivity index (χ1n) is 7.74. The van der Waals surface area contributed by atoms with Crippen molar-refractivity contribution in [3.05, 3.63) is 30.1 Å². The van der Waals surface area contributed by atoms with Gasteiger partial charge >= 0.3 is 6.09 Å². The molecule has 0 saturated heterocycles. The number of amides is 1. The lowest BCUT2D eigenvalue weighted by Gasteiger charge is -2.25. The number of nitrogens with two attached hydrogens (primary N) is 1. The van der Waals surface area contributed by atoms with Gasteiger partial charge in [-0.15, -0.1) is 0 Å². The van der Waals surface area contributed by atoms with Gasteiger partial charge in [-0.2, -0.15) is 0 Å². The van der Waals surface area contributed by atoms with Crippen molar-refractivity contribution in [1.82, 2.24) is 14.9 Å². The van der Waals surface area contributed by atoms with Crippen molar-refractivity contribution in [1.29, 1.82) is 0 Å². The van der Waals surface area contributed by atoms with Gasteiger partial charge in [0.25, 0.3) is 0 Å². The summed E-state index contributed by atoms with van der Waals surface area (Å²) in [7, 11) is 1.94. The molecule has 6 heteroatoms. The molecule has 1 saturated carbocycles. The summed E-state index contributed by atoms with van der Waals surface area (Å²) >= 11 is 0. The zero-order chi connectivity index (χ0) is 15.5. The molecule has 0 aliphatic heterocycles. The Labute approximate surface area is 129 Å². The average molecular weight is 302 g/mol. The molecule has 1 aromatic carbocycles. The van der Waals surface area contributed by atoms with Crippen LogP contribution in [0.4, 0.5) is 4.79 Å². The molecule has 1 aromatic heterocycles. The van der Waals surface area contributed by atoms with Crippen molar-refractivity contribution >= 4 is 17.1 Å². The van der Waals surface area contributed by atoms with Crippen LogP contribution in [-0.2, 0) is 18.3 Å². The van der Waals surface area contributed by atoms with Crippen LogP contribution >= 0.6 is 0 Å². The highest BCUT2D eigenvalue weighted by molar-refractivity contribution is 5.76. The first kappa shape index (κ1) is 14.8. The van der Waals surface area contributed by atoms with Crippen LogP contribution in [0.15, 0.2) is 24.3 Å². The predicted octanol–water partition coefficient (Wildman–Crippen LogP) is 2.07. The number of para-hydroxylation sites is 2. The fourth-order valence-electron chi connectivity index (χ4n) is 2.90. The van der Waals surface area contributed by atoms with Gasteiger partial charge in [0.1, 0.15) is 11.9 Å². The van der Waals surface area contributed by atoms with Crippen LogP contribution in [0.2, 0.25) is 0 Å². The first-order chi connectivity index (χ1) is 10.6. The molecule has 3 N–H and O–H groups in total. The van der Waals surface area contributed by atoms with Gasteiger partial charge in [0, 0.05) is 13.1 Å². The van der Waals surface area contributed by atoms with E-state index in [9.17, 15) is 4.79 Å². The molecule has 22 heavy (non-hydrogen) atoms. The van der Waals surface area contributed by atoms with Crippen molar-refractivity contribution in [2.75, 3.05) is 0 Å². The number of benzene rings is 1. The average Bonchev–Trinajstić information content (AvgIpc) is 2.84. The fourth-order valence-corrected chi connectivity index (χ4v) is 2.90. The Bertz CT molecular complexity index is 659. The minimum atomic E-state index is -0.382. The molecule has 118 valence electrons. The number of imidazole rings is 1. The minimum absolute atomic E-state index is 0.0137. The SMILES string of the molecule is Cn1c(CNC(=O)OC2CCC(N)CC2)nc2ccccc21. The van der Waals surface area contributed by atoms with Crippen molar-refractivity contribution in [2.24, 2.45) is 12.8 Å². The topological polar surface area (TPSA) is 82.2 Å². The number of fused-ring (bicyclic) bond motifs is 1. The van der Waals surface area contributed by atoms with E-state index in [0.29, 0.717) is 6.54 Å². The standard InChI is InChI=1S/C16H22N4O2/c1-20-14-5-3-2-4-13(14)19-15(20)10-18-16(21)22-12-8-6-11(17)7-9-12/h2-5,11-12H,6-10,17H2,1H3,(H,18,21). The highest BCUT2D eigenvalue weighted by Gasteiger charge is 2.21. The molecule has 0 radical (unpaired) electrons. The smallest absolute Gasteiger partial charge is 0.407 e. The van der Waals surface area contributed by atoms with Gasteiger partial charge in [0.2, 0.25) is 0 Å². The Kier molecular flexibility index (Phi) is 4.29. The number of carbonyl (C=O) groups excluding carboxylic acids is 1. The maximum atomic E-state index is 11.9. The van der Waals surface area contributed by atoms with E-state index in [1.54, 1.807) is 0 Å². The lowest BCUT2D eigenvalue weighted by Crippen LogP contribution is -2.34. The quantitative estimate of drug-likeness (QED) is 0.909. The monoisotopic (exact) mass is 302 g/mol. The number of carbonyl (C=O) groups is 1. The molecular formula is C16H22N4O2. The van der Waals surface area contributed by atoms with E-state index in [1.807, 2.05) is 35.9 Å². The molecule has 2 aromatic rings. The molecule has 0 atom stereocenters. The molecule has 1 amide bonds. The number of nitrogens with one attached hydrogen (secondary N) is 1. The van der Waals surface area contributed by atoms with Crippen molar-refractivity contribution in [3.8, 4) is 0 Å². The van der Waals surface area contributed by atoms with Gasteiger partial charge in [-0.1, -0.05) is 12.1 Å². The Balaban J connectivity index is 1.55. The van der Waals surface area contributed by atoms with Crippen molar-refractivity contribution in [2.45, 2.75) is 44.4 Å². The first-order valence-corrected chi connectivity index (χ1v) is 7.74. The number of nitrogens with zero attached hydrogens (tertiary/aromatic N) is 2. The van der Waals surface area contributed by atoms with E-state index in [4.69, 9.17) is 10.5 Å². The Hall–Kier alpha value is -2.08. The molecule has 1 heterocycles. The van der Waals surface area contributed by atoms with E-state index in [-0.39, 0.29) is 18.2 Å². The van der Waals surface area contributed by atoms with Crippen molar-refractivity contribution < 1.29 is 9.53 Å². The fraction of sp³-hybridized carbons (Fsp3) is 0.500. The van der Waals surface area contributed by atoms with E-state index in [0.717, 1.165) is 42.5 Å². The summed E-state index contributed by atoms with van der Waals surface area (Å²) in [6, 6.07) is 8.15. The minimum Gasteiger partial charge on any atom is -0.446 e. The number of aromatic nitrogens is 2. The van der Waals surface area contributed by atoms with Gasteiger partial charge in [-0.05, 0) is 37.8 Å². The van der Waals surface area contributed by atoms with Gasteiger partial charge in [0.15, 0.2) is 0 Å². The van der Waals surface area contributed by atoms with E-state index >= 15 is 0 Å². The highest BCUT2D eigenvalue weighted by atomic mass is 16.6. The molecule has 0 unspecified atom stereocenters. The van der Waals surface area contributed by atoms with Crippen LogP contribution in [0, 0.1) is 0 Å². The maximum absolute atomic E-state index is 11.9. The Morgan fingerprint density at radius 1 is 1.36 bits per heavy atom. The van der Waals surface area contributed by atoms with Crippen LogP contribution in [0.1, 0.15) is 31.5 Å². The van der Waals surface area contributed by atoms with E-state index in [2.05, 4.69) is 10.3 Å². The van der Waals surface area contributed by atoms with Crippen LogP contribution < -0.4 is 11.1 Å². The molecule has 0 spiro atoms. The molecule has 1 aliphatic rings. The summed E-state index contributed by atoms with van der Waals surface area (Å²) in [5.41, 5.74) is 7.83. The normalized spacial score (nSPS) is 21.7. The van der Waals surface area contributed by atoms with Gasteiger partial charge in [-0.3, -0.25) is 0 Å². The number of ether oxygens (including phenoxy) is 1. The highest BCUT2D eigenvalue weighted by Crippen LogP contribution is 2.20.